The Bertz CT molecular complexity index is 532. The van der Waals surface area contributed by atoms with Crippen LogP contribution in [0.5, 0.6) is 0 Å². The fraction of sp³-hybridized carbons (Fsp3) is 0.556. The molecule has 122 valence electrons. The van der Waals surface area contributed by atoms with Crippen molar-refractivity contribution in [3.63, 3.8) is 0 Å². The van der Waals surface area contributed by atoms with E-state index < -0.39 is 6.04 Å². The Balaban J connectivity index is 2.93. The smallest absolute Gasteiger partial charge is 0.242 e. The molecule has 0 saturated carbocycles. The molecule has 0 heterocycles. The minimum Gasteiger partial charge on any atom is -0.350 e. The summed E-state index contributed by atoms with van der Waals surface area (Å²) in [5.41, 5.74) is 1.88. The number of hydrogen-bond donors (Lipinski definition) is 1. The molecule has 22 heavy (non-hydrogen) atoms. The number of rotatable bonds is 5. The maximum atomic E-state index is 12.4. The van der Waals surface area contributed by atoms with Gasteiger partial charge in [0, 0.05) is 18.5 Å². The molecule has 0 fully saturated rings. The minimum atomic E-state index is -0.493. The molecule has 1 N–H and O–H groups in total. The molecule has 1 aromatic rings. The van der Waals surface area contributed by atoms with Gasteiger partial charge in [0.15, 0.2) is 0 Å². The Morgan fingerprint density at radius 3 is 2.41 bits per heavy atom. The monoisotopic (exact) mass is 304 g/mol. The molecule has 4 heteroatoms. The van der Waals surface area contributed by atoms with E-state index in [4.69, 9.17) is 0 Å². The van der Waals surface area contributed by atoms with Gasteiger partial charge < -0.3 is 10.2 Å². The standard InChI is InChI=1S/C18H28N2O2/c1-7-16(21)20(12-15-10-8-9-13(2)11-15)14(3)17(22)19-18(4,5)6/h8-11,14H,7,12H2,1-6H3,(H,19,22). The molecule has 0 aliphatic rings. The van der Waals surface area contributed by atoms with E-state index in [-0.39, 0.29) is 17.4 Å². The summed E-state index contributed by atoms with van der Waals surface area (Å²) in [6.07, 6.45) is 0.388. The molecule has 4 nitrogen and oxygen atoms in total. The van der Waals surface area contributed by atoms with Gasteiger partial charge in [0.2, 0.25) is 11.8 Å². The highest BCUT2D eigenvalue weighted by atomic mass is 16.2. The molecule has 1 unspecified atom stereocenters. The van der Waals surface area contributed by atoms with Crippen LogP contribution in [0.15, 0.2) is 24.3 Å². The van der Waals surface area contributed by atoms with Crippen LogP contribution < -0.4 is 5.32 Å². The Kier molecular flexibility index (Phi) is 6.15. The minimum absolute atomic E-state index is 0.0157. The zero-order valence-electron chi connectivity index (χ0n) is 14.6. The summed E-state index contributed by atoms with van der Waals surface area (Å²) in [4.78, 5) is 26.3. The van der Waals surface area contributed by atoms with E-state index in [1.807, 2.05) is 58.9 Å². The number of aryl methyl sites for hydroxylation is 1. The van der Waals surface area contributed by atoms with Crippen LogP contribution in [0.1, 0.15) is 52.2 Å². The molecule has 1 atom stereocenters. The third-order valence-corrected chi connectivity index (χ3v) is 3.40. The molecule has 0 aliphatic heterocycles. The number of nitrogens with zero attached hydrogens (tertiary/aromatic N) is 1. The van der Waals surface area contributed by atoms with Gasteiger partial charge in [-0.25, -0.2) is 0 Å². The van der Waals surface area contributed by atoms with Crippen molar-refractivity contribution in [2.75, 3.05) is 0 Å². The molecule has 0 radical (unpaired) electrons. The molecular weight excluding hydrogens is 276 g/mol. The normalized spacial score (nSPS) is 12.6. The lowest BCUT2D eigenvalue weighted by molar-refractivity contribution is -0.141. The van der Waals surface area contributed by atoms with E-state index in [0.717, 1.165) is 11.1 Å². The second-order valence-electron chi connectivity index (χ2n) is 6.78. The van der Waals surface area contributed by atoms with Gasteiger partial charge in [-0.2, -0.15) is 0 Å². The van der Waals surface area contributed by atoms with Crippen LogP contribution in [-0.2, 0) is 16.1 Å². The van der Waals surface area contributed by atoms with E-state index >= 15 is 0 Å². The van der Waals surface area contributed by atoms with Crippen molar-refractivity contribution in [2.24, 2.45) is 0 Å². The third kappa shape index (κ3) is 5.51. The summed E-state index contributed by atoms with van der Waals surface area (Å²) in [6, 6.07) is 7.53. The number of nitrogens with one attached hydrogen (secondary N) is 1. The first kappa shape index (κ1) is 18.2. The van der Waals surface area contributed by atoms with E-state index in [1.54, 1.807) is 11.8 Å². The summed E-state index contributed by atoms with van der Waals surface area (Å²) in [5.74, 6) is -0.139. The molecule has 0 saturated heterocycles. The topological polar surface area (TPSA) is 49.4 Å². The van der Waals surface area contributed by atoms with Gasteiger partial charge in [0.05, 0.1) is 0 Å². The highest BCUT2D eigenvalue weighted by molar-refractivity contribution is 5.87. The number of benzene rings is 1. The van der Waals surface area contributed by atoms with Crippen LogP contribution in [0.3, 0.4) is 0 Å². The summed E-state index contributed by atoms with van der Waals surface area (Å²) >= 11 is 0. The lowest BCUT2D eigenvalue weighted by Gasteiger charge is -2.31. The van der Waals surface area contributed by atoms with E-state index in [2.05, 4.69) is 5.32 Å². The number of hydrogen-bond acceptors (Lipinski definition) is 2. The largest absolute Gasteiger partial charge is 0.350 e. The lowest BCUT2D eigenvalue weighted by Crippen LogP contribution is -2.52. The first-order chi connectivity index (χ1) is 10.1. The number of carbonyl (C=O) groups is 2. The van der Waals surface area contributed by atoms with Gasteiger partial charge in [-0.3, -0.25) is 9.59 Å². The van der Waals surface area contributed by atoms with Crippen molar-refractivity contribution in [2.45, 2.75) is 66.1 Å². The molecule has 1 rings (SSSR count). The van der Waals surface area contributed by atoms with Crippen LogP contribution in [0.2, 0.25) is 0 Å². The fourth-order valence-electron chi connectivity index (χ4n) is 2.27. The quantitative estimate of drug-likeness (QED) is 0.909. The molecular formula is C18H28N2O2. The second kappa shape index (κ2) is 7.43. The van der Waals surface area contributed by atoms with E-state index in [0.29, 0.717) is 13.0 Å². The SMILES string of the molecule is CCC(=O)N(Cc1cccc(C)c1)C(C)C(=O)NC(C)(C)C. The van der Waals surface area contributed by atoms with Crippen molar-refractivity contribution in [3.05, 3.63) is 35.4 Å². The van der Waals surface area contributed by atoms with Gasteiger partial charge in [0.1, 0.15) is 6.04 Å². The average Bonchev–Trinajstić information content (AvgIpc) is 2.41. The van der Waals surface area contributed by atoms with Crippen molar-refractivity contribution < 1.29 is 9.59 Å². The van der Waals surface area contributed by atoms with Crippen molar-refractivity contribution in [3.8, 4) is 0 Å². The Hall–Kier alpha value is -1.84. The maximum Gasteiger partial charge on any atom is 0.242 e. The summed E-state index contributed by atoms with van der Waals surface area (Å²) < 4.78 is 0. The lowest BCUT2D eigenvalue weighted by atomic mass is 10.1. The predicted octanol–water partition coefficient (Wildman–Crippen LogP) is 3.04. The van der Waals surface area contributed by atoms with Crippen LogP contribution in [-0.4, -0.2) is 28.3 Å². The van der Waals surface area contributed by atoms with Gasteiger partial charge in [-0.1, -0.05) is 36.8 Å². The van der Waals surface area contributed by atoms with E-state index in [1.165, 1.54) is 0 Å². The molecule has 0 spiro atoms. The summed E-state index contributed by atoms with van der Waals surface area (Å²) in [7, 11) is 0. The summed E-state index contributed by atoms with van der Waals surface area (Å²) in [6.45, 7) is 11.9. The molecule has 0 bridgehead atoms. The van der Waals surface area contributed by atoms with Crippen LogP contribution in [0.4, 0.5) is 0 Å². The number of carbonyl (C=O) groups excluding carboxylic acids is 2. The molecule has 0 aliphatic carbocycles. The number of amides is 2. The molecule has 2 amide bonds. The first-order valence-corrected chi connectivity index (χ1v) is 7.81. The predicted molar refractivity (Wildman–Crippen MR) is 89.4 cm³/mol. The average molecular weight is 304 g/mol. The highest BCUT2D eigenvalue weighted by Gasteiger charge is 2.27. The van der Waals surface area contributed by atoms with Gasteiger partial charge >= 0.3 is 0 Å². The molecule has 1 aromatic carbocycles. The Morgan fingerprint density at radius 1 is 1.27 bits per heavy atom. The van der Waals surface area contributed by atoms with Crippen LogP contribution in [0, 0.1) is 6.92 Å². The van der Waals surface area contributed by atoms with Gasteiger partial charge in [0.25, 0.3) is 0 Å². The summed E-state index contributed by atoms with van der Waals surface area (Å²) in [5, 5.41) is 2.94. The van der Waals surface area contributed by atoms with Crippen molar-refractivity contribution in [1.29, 1.82) is 0 Å². The molecule has 0 aromatic heterocycles. The van der Waals surface area contributed by atoms with Crippen molar-refractivity contribution >= 4 is 11.8 Å². The van der Waals surface area contributed by atoms with Crippen LogP contribution in [0.25, 0.3) is 0 Å². The van der Waals surface area contributed by atoms with Crippen LogP contribution >= 0.6 is 0 Å². The van der Waals surface area contributed by atoms with Gasteiger partial charge in [-0.15, -0.1) is 0 Å². The zero-order chi connectivity index (χ0) is 16.9. The van der Waals surface area contributed by atoms with Gasteiger partial charge in [-0.05, 0) is 40.2 Å². The fourth-order valence-corrected chi connectivity index (χ4v) is 2.27. The van der Waals surface area contributed by atoms with Crippen molar-refractivity contribution in [1.82, 2.24) is 10.2 Å². The maximum absolute atomic E-state index is 12.4. The second-order valence-corrected chi connectivity index (χ2v) is 6.78. The first-order valence-electron chi connectivity index (χ1n) is 7.81. The third-order valence-electron chi connectivity index (χ3n) is 3.40. The Morgan fingerprint density at radius 2 is 1.91 bits per heavy atom. The Labute approximate surface area is 133 Å². The van der Waals surface area contributed by atoms with E-state index in [9.17, 15) is 9.59 Å². The zero-order valence-corrected chi connectivity index (χ0v) is 14.6. The highest BCUT2D eigenvalue weighted by Crippen LogP contribution is 2.13.